The minimum Gasteiger partial charge on any atom is -0.265 e. The highest BCUT2D eigenvalue weighted by atomic mass is 15.1. The maximum Gasteiger partial charge on any atom is 0.138 e. The molecule has 10 heteroatoms. The van der Waals surface area contributed by atoms with E-state index in [1.807, 2.05) is 99.6 Å². The second-order valence-electron chi connectivity index (χ2n) is 13.2. The van der Waals surface area contributed by atoms with Crippen molar-refractivity contribution in [1.29, 1.82) is 0 Å². The zero-order valence-electron chi connectivity index (χ0n) is 43.9. The summed E-state index contributed by atoms with van der Waals surface area (Å²) in [6, 6.07) is 11.1. The van der Waals surface area contributed by atoms with Crippen LogP contribution in [0.3, 0.4) is 0 Å². The first-order valence-electron chi connectivity index (χ1n) is 22.2. The summed E-state index contributed by atoms with van der Waals surface area (Å²) >= 11 is 0. The van der Waals surface area contributed by atoms with Crippen molar-refractivity contribution in [1.82, 2.24) is 50.3 Å². The van der Waals surface area contributed by atoms with Crippen LogP contribution in [0.5, 0.6) is 0 Å². The van der Waals surface area contributed by atoms with Gasteiger partial charge in [-0.2, -0.15) is 15.3 Å². The maximum absolute atomic E-state index is 3.78. The van der Waals surface area contributed by atoms with E-state index in [-0.39, 0.29) is 0 Å². The van der Waals surface area contributed by atoms with Gasteiger partial charge in [0.1, 0.15) is 12.7 Å². The van der Waals surface area contributed by atoms with E-state index in [2.05, 4.69) is 154 Å². The molecule has 0 saturated carbocycles. The smallest absolute Gasteiger partial charge is 0.138 e. The van der Waals surface area contributed by atoms with E-state index < -0.39 is 0 Å². The molecule has 0 N–H and O–H groups in total. The second kappa shape index (κ2) is 95.0. The van der Waals surface area contributed by atoms with Gasteiger partial charge >= 0.3 is 0 Å². The van der Waals surface area contributed by atoms with Crippen molar-refractivity contribution in [3.8, 4) is 0 Å². The average molecular weight is 841 g/mol. The Bertz CT molecular complexity index is 759. The molecular formula is C50H100N10. The molecule has 0 amide bonds. The van der Waals surface area contributed by atoms with Gasteiger partial charge in [-0.05, 0) is 59.9 Å². The molecule has 0 aliphatic heterocycles. The third-order valence-corrected chi connectivity index (χ3v) is 2.41. The molecule has 0 atom stereocenters. The fourth-order valence-electron chi connectivity index (χ4n) is 1.28. The Labute approximate surface area is 375 Å². The number of hydrogen-bond acceptors (Lipinski definition) is 10. The highest BCUT2D eigenvalue weighted by Crippen LogP contribution is 1.83. The molecule has 0 aliphatic rings. The van der Waals surface area contributed by atoms with Crippen LogP contribution in [0.2, 0.25) is 0 Å². The summed E-state index contributed by atoms with van der Waals surface area (Å²) in [6.07, 6.45) is 22.7. The minimum absolute atomic E-state index is 0.833. The van der Waals surface area contributed by atoms with Crippen LogP contribution in [0, 0.1) is 29.6 Å². The van der Waals surface area contributed by atoms with Crippen LogP contribution in [0.1, 0.15) is 173 Å². The minimum atomic E-state index is 0.833. The van der Waals surface area contributed by atoms with Crippen molar-refractivity contribution in [2.45, 2.75) is 173 Å². The highest BCUT2D eigenvalue weighted by molar-refractivity contribution is 4.88. The summed E-state index contributed by atoms with van der Waals surface area (Å²) < 4.78 is 0. The lowest BCUT2D eigenvalue weighted by Crippen LogP contribution is -1.75. The van der Waals surface area contributed by atoms with Crippen LogP contribution in [0.25, 0.3) is 0 Å². The molecule has 5 aromatic heterocycles. The van der Waals surface area contributed by atoms with Crippen LogP contribution in [0.4, 0.5) is 0 Å². The van der Waals surface area contributed by atoms with Crippen LogP contribution < -0.4 is 0 Å². The summed E-state index contributed by atoms with van der Waals surface area (Å²) in [5.74, 6) is 4.17. The quantitative estimate of drug-likeness (QED) is 0.149. The van der Waals surface area contributed by atoms with Gasteiger partial charge in [-0.3, -0.25) is 15.0 Å². The molecule has 0 spiro atoms. The van der Waals surface area contributed by atoms with Crippen molar-refractivity contribution < 1.29 is 0 Å². The molecule has 5 aromatic rings. The molecule has 5 rings (SSSR count). The van der Waals surface area contributed by atoms with Gasteiger partial charge in [-0.25, -0.2) is 15.0 Å². The monoisotopic (exact) mass is 841 g/mol. The normalized spacial score (nSPS) is 7.50. The van der Waals surface area contributed by atoms with Crippen LogP contribution in [0.15, 0.2) is 123 Å². The summed E-state index contributed by atoms with van der Waals surface area (Å²) in [7, 11) is 0. The van der Waals surface area contributed by atoms with Crippen molar-refractivity contribution in [2.24, 2.45) is 29.6 Å². The predicted octanol–water partition coefficient (Wildman–Crippen LogP) is 15.8. The SMILES string of the molecule is CC.CC.CC.CC.CC.CC(C)C.CC(C)C.CC(C)C.CC(C)C.CC(C)C.c1ccncc1.c1ccnnc1.c1cnccn1.c1cncnc1.c1cnncn1. The van der Waals surface area contributed by atoms with Crippen molar-refractivity contribution in [2.75, 3.05) is 0 Å². The van der Waals surface area contributed by atoms with Gasteiger partial charge in [-0.1, -0.05) is 179 Å². The number of rotatable bonds is 0. The lowest BCUT2D eigenvalue weighted by molar-refractivity contribution is 0.736. The molecule has 0 bridgehead atoms. The van der Waals surface area contributed by atoms with Crippen LogP contribution in [-0.2, 0) is 0 Å². The van der Waals surface area contributed by atoms with Gasteiger partial charge in [0.2, 0.25) is 0 Å². The first kappa shape index (κ1) is 79.5. The van der Waals surface area contributed by atoms with E-state index in [0.29, 0.717) is 0 Å². The number of aromatic nitrogens is 10. The summed E-state index contributed by atoms with van der Waals surface area (Å²) in [6.45, 7) is 52.5. The Morgan fingerprint density at radius 1 is 0.200 bits per heavy atom. The van der Waals surface area contributed by atoms with Crippen molar-refractivity contribution in [3.63, 3.8) is 0 Å². The van der Waals surface area contributed by atoms with Gasteiger partial charge in [-0.15, -0.1) is 5.10 Å². The molecule has 350 valence electrons. The first-order chi connectivity index (χ1) is 28.7. The zero-order valence-corrected chi connectivity index (χ0v) is 43.9. The molecule has 0 unspecified atom stereocenters. The molecule has 10 nitrogen and oxygen atoms in total. The number of pyridine rings is 1. The van der Waals surface area contributed by atoms with Gasteiger partial charge in [0.05, 0.1) is 6.20 Å². The molecule has 0 aromatic carbocycles. The second-order valence-corrected chi connectivity index (χ2v) is 13.2. The Balaban J connectivity index is -0.0000000569. The van der Waals surface area contributed by atoms with Crippen LogP contribution in [-0.4, -0.2) is 50.3 Å². The fourth-order valence-corrected chi connectivity index (χ4v) is 1.28. The Hall–Kier alpha value is -4.60. The van der Waals surface area contributed by atoms with Crippen LogP contribution >= 0.6 is 0 Å². The van der Waals surface area contributed by atoms with Gasteiger partial charge < -0.3 is 0 Å². The average Bonchev–Trinajstić information content (AvgIpc) is 3.27. The van der Waals surface area contributed by atoms with Crippen molar-refractivity contribution in [3.05, 3.63) is 123 Å². The molecule has 0 aliphatic carbocycles. The van der Waals surface area contributed by atoms with Gasteiger partial charge in [0.15, 0.2) is 0 Å². The highest BCUT2D eigenvalue weighted by Gasteiger charge is 1.70. The molecule has 60 heavy (non-hydrogen) atoms. The third kappa shape index (κ3) is 227. The Morgan fingerprint density at radius 2 is 0.417 bits per heavy atom. The molecule has 0 radical (unpaired) electrons. The van der Waals surface area contributed by atoms with Crippen molar-refractivity contribution >= 4 is 0 Å². The standard InChI is InChI=1S/C5H5N.3C4H4N2.5C4H10.C3H3N3.5C2H6/c1-2-4-6-5-3-1;1-2-6-4-3-5-1;1-2-5-4-6-3-1;1-2-4-6-5-3-1;5*1-4(2)3;1-2-5-6-3-4-1;5*1-2/h1-5H;3*1-4H;5*4H,1-3H3;1-3H;5*1-2H3. The zero-order chi connectivity index (χ0) is 49.1. The van der Waals surface area contributed by atoms with Gasteiger partial charge in [0, 0.05) is 68.2 Å². The van der Waals surface area contributed by atoms with E-state index in [9.17, 15) is 0 Å². The molecule has 5 heterocycles. The first-order valence-corrected chi connectivity index (χ1v) is 22.2. The predicted molar refractivity (Wildman–Crippen MR) is 269 cm³/mol. The number of hydrogen-bond donors (Lipinski definition) is 0. The number of nitrogens with zero attached hydrogens (tertiary/aromatic N) is 10. The third-order valence-electron chi connectivity index (χ3n) is 2.41. The van der Waals surface area contributed by atoms with E-state index in [1.54, 1.807) is 74.2 Å². The largest absolute Gasteiger partial charge is 0.265 e. The maximum atomic E-state index is 3.78. The fraction of sp³-hybridized carbons (Fsp3) is 0.600. The topological polar surface area (TPSA) is 129 Å². The summed E-state index contributed by atoms with van der Waals surface area (Å²) in [5, 5.41) is 14.0. The summed E-state index contributed by atoms with van der Waals surface area (Å²) in [4.78, 5) is 22.2. The van der Waals surface area contributed by atoms with E-state index in [1.165, 1.54) is 18.9 Å². The molecular weight excluding hydrogens is 741 g/mol. The van der Waals surface area contributed by atoms with Gasteiger partial charge in [0.25, 0.3) is 0 Å². The van der Waals surface area contributed by atoms with E-state index in [4.69, 9.17) is 0 Å². The molecule has 0 saturated heterocycles. The Morgan fingerprint density at radius 3 is 0.500 bits per heavy atom. The Kier molecular flexibility index (Phi) is 126. The lowest BCUT2D eigenvalue weighted by atomic mass is 10.3. The lowest BCUT2D eigenvalue weighted by Gasteiger charge is -1.79. The summed E-state index contributed by atoms with van der Waals surface area (Å²) in [5.41, 5.74) is 0. The van der Waals surface area contributed by atoms with E-state index >= 15 is 0 Å². The van der Waals surface area contributed by atoms with E-state index in [0.717, 1.165) is 29.6 Å². The molecule has 0 fully saturated rings.